The zero-order chi connectivity index (χ0) is 46.4. The fraction of sp³-hybridized carbons (Fsp3) is 0.143. The zero-order valence-corrected chi connectivity index (χ0v) is 39.0. The molecule has 7 heterocycles. The van der Waals surface area contributed by atoms with Crippen LogP contribution in [0.25, 0.3) is 22.3 Å². The van der Waals surface area contributed by atoms with Crippen LogP contribution in [0.5, 0.6) is 0 Å². The van der Waals surface area contributed by atoms with E-state index in [0.717, 1.165) is 123 Å². The maximum absolute atomic E-state index is 5.45. The van der Waals surface area contributed by atoms with Gasteiger partial charge in [0.25, 0.3) is 0 Å². The van der Waals surface area contributed by atoms with Gasteiger partial charge in [0.1, 0.15) is 0 Å². The lowest BCUT2D eigenvalue weighted by Gasteiger charge is -2.21. The summed E-state index contributed by atoms with van der Waals surface area (Å²) >= 11 is 0. The Bertz CT molecular complexity index is 3150. The van der Waals surface area contributed by atoms with Crippen LogP contribution in [0.15, 0.2) is 267 Å². The van der Waals surface area contributed by atoms with Crippen LogP contribution in [0.1, 0.15) is 66.8 Å². The molecular weight excluding hydrogens is 841 g/mol. The van der Waals surface area contributed by atoms with E-state index in [1.54, 1.807) is 0 Å². The average molecular weight is 895 g/mol. The van der Waals surface area contributed by atoms with Gasteiger partial charge in [-0.3, -0.25) is 0 Å². The molecule has 6 nitrogen and oxygen atoms in total. The van der Waals surface area contributed by atoms with Crippen molar-refractivity contribution in [2.75, 3.05) is 13.1 Å². The molecule has 7 aliphatic heterocycles. The van der Waals surface area contributed by atoms with Crippen molar-refractivity contribution in [2.45, 2.75) is 45.4 Å². The molecule has 336 valence electrons. The van der Waals surface area contributed by atoms with Crippen LogP contribution in [-0.2, 0) is 6.42 Å². The molecule has 0 saturated heterocycles. The van der Waals surface area contributed by atoms with Gasteiger partial charge < -0.3 is 9.80 Å². The third kappa shape index (κ3) is 9.39. The first-order valence-corrected chi connectivity index (χ1v) is 24.4. The highest BCUT2D eigenvalue weighted by Crippen LogP contribution is 2.38. The SMILES string of the molecule is CCCN1C=CC(=C2C=CN(CCCCCCc3ccc(C4=C5C=CC(=N5)C(c5ccccc5)=C5C=CC(=N5)C(c5ccccc5)=C5C=CC(=N5)C(c5ccccc5)=C5C=CC4=N5)cc3)C=C2)C=C1. The molecule has 0 saturated carbocycles. The largest absolute Gasteiger partial charge is 0.354 e. The minimum Gasteiger partial charge on any atom is -0.354 e. The summed E-state index contributed by atoms with van der Waals surface area (Å²) in [6.45, 7) is 4.30. The van der Waals surface area contributed by atoms with Gasteiger partial charge in [0.15, 0.2) is 0 Å². The van der Waals surface area contributed by atoms with Gasteiger partial charge in [-0.15, -0.1) is 0 Å². The van der Waals surface area contributed by atoms with E-state index in [1.807, 2.05) is 6.07 Å². The normalized spacial score (nSPS) is 17.9. The van der Waals surface area contributed by atoms with Crippen molar-refractivity contribution < 1.29 is 0 Å². The van der Waals surface area contributed by atoms with Crippen molar-refractivity contribution in [1.29, 1.82) is 0 Å². The quantitative estimate of drug-likeness (QED) is 0.126. The Morgan fingerprint density at radius 2 is 0.681 bits per heavy atom. The number of aliphatic imine (C=N–C) groups is 4. The minimum atomic E-state index is 0.861. The first-order valence-electron chi connectivity index (χ1n) is 24.4. The van der Waals surface area contributed by atoms with Crippen molar-refractivity contribution in [2.24, 2.45) is 20.0 Å². The number of allylic oxidation sites excluding steroid dienone is 18. The minimum absolute atomic E-state index is 0.861. The monoisotopic (exact) mass is 894 g/mol. The van der Waals surface area contributed by atoms with Gasteiger partial charge in [0, 0.05) is 60.2 Å². The number of unbranched alkanes of at least 4 members (excludes halogenated alkanes) is 3. The second kappa shape index (κ2) is 19.9. The summed E-state index contributed by atoms with van der Waals surface area (Å²) in [6.07, 6.45) is 41.6. The van der Waals surface area contributed by atoms with Crippen LogP contribution in [0.4, 0.5) is 0 Å². The number of rotatable bonds is 13. The topological polar surface area (TPSA) is 55.9 Å². The maximum Gasteiger partial charge on any atom is 0.0738 e. The average Bonchev–Trinajstić information content (AvgIpc) is 4.26. The lowest BCUT2D eigenvalue weighted by atomic mass is 9.96. The number of benzene rings is 4. The molecule has 0 fully saturated rings. The third-order valence-corrected chi connectivity index (χ3v) is 13.3. The summed E-state index contributed by atoms with van der Waals surface area (Å²) in [5.74, 6) is 0. The number of aryl methyl sites for hydroxylation is 1. The number of hydrogen-bond acceptors (Lipinski definition) is 6. The van der Waals surface area contributed by atoms with Crippen LogP contribution in [-0.4, -0.2) is 45.7 Å². The summed E-state index contributed by atoms with van der Waals surface area (Å²) in [7, 11) is 0. The molecule has 0 N–H and O–H groups in total. The third-order valence-electron chi connectivity index (χ3n) is 13.3. The molecule has 0 spiro atoms. The van der Waals surface area contributed by atoms with Gasteiger partial charge in [-0.25, -0.2) is 20.0 Å². The summed E-state index contributed by atoms with van der Waals surface area (Å²) in [5, 5.41) is 0. The predicted octanol–water partition coefficient (Wildman–Crippen LogP) is 14.2. The zero-order valence-electron chi connectivity index (χ0n) is 39.0. The van der Waals surface area contributed by atoms with Crippen LogP contribution < -0.4 is 0 Å². The van der Waals surface area contributed by atoms with E-state index in [0.29, 0.717) is 0 Å². The summed E-state index contributed by atoms with van der Waals surface area (Å²) in [6, 6.07) is 40.5. The smallest absolute Gasteiger partial charge is 0.0738 e. The van der Waals surface area contributed by atoms with Gasteiger partial charge in [0.2, 0.25) is 0 Å². The molecule has 8 bridgehead atoms. The summed E-state index contributed by atoms with van der Waals surface area (Å²) < 4.78 is 0. The van der Waals surface area contributed by atoms with Gasteiger partial charge in [-0.2, -0.15) is 0 Å². The standard InChI is InChI=1S/C63H54N6/c1-2-39-68-41-35-46(36-42-68)47-37-43-69(44-38-47)40-15-4-3-8-16-45-23-25-51(26-24-45)63-58-33-31-56(66-58)61(49-19-11-6-12-20-49)54-29-27-52(64-54)60(48-17-9-5-10-18-48)53-28-30-55(65-53)62(50-21-13-7-14-22-50)57-32-34-59(63)67-57/h5-7,9-14,17-38,41-44H,2-4,8,15-16,39-40H2,1H3. The Morgan fingerprint density at radius 3 is 1.06 bits per heavy atom. The lowest BCUT2D eigenvalue weighted by Crippen LogP contribution is -2.14. The molecule has 6 heteroatoms. The van der Waals surface area contributed by atoms with E-state index in [1.165, 1.54) is 36.0 Å². The van der Waals surface area contributed by atoms with Crippen molar-refractivity contribution in [1.82, 2.24) is 9.80 Å². The van der Waals surface area contributed by atoms with Crippen LogP contribution in [0, 0.1) is 0 Å². The number of nitrogens with zero attached hydrogens (tertiary/aromatic N) is 6. The van der Waals surface area contributed by atoms with Crippen LogP contribution in [0.2, 0.25) is 0 Å². The molecule has 0 radical (unpaired) electrons. The molecule has 0 unspecified atom stereocenters. The molecule has 69 heavy (non-hydrogen) atoms. The second-order valence-electron chi connectivity index (χ2n) is 18.0. The molecule has 4 aromatic carbocycles. The van der Waals surface area contributed by atoms with Gasteiger partial charge in [-0.1, -0.05) is 135 Å². The van der Waals surface area contributed by atoms with E-state index in [2.05, 4.69) is 224 Å². The number of fused-ring (bicyclic) bond motifs is 4. The molecular formula is C63H54N6. The molecule has 0 atom stereocenters. The molecule has 0 aromatic heterocycles. The summed E-state index contributed by atoms with van der Waals surface area (Å²) in [5.41, 5.74) is 19.0. The Morgan fingerprint density at radius 1 is 0.333 bits per heavy atom. The first-order chi connectivity index (χ1) is 34.1. The van der Waals surface area contributed by atoms with Crippen molar-refractivity contribution in [3.8, 4) is 0 Å². The van der Waals surface area contributed by atoms with Crippen molar-refractivity contribution in [3.63, 3.8) is 0 Å². The maximum atomic E-state index is 5.45. The van der Waals surface area contributed by atoms with E-state index < -0.39 is 0 Å². The van der Waals surface area contributed by atoms with E-state index in [-0.39, 0.29) is 0 Å². The van der Waals surface area contributed by atoms with E-state index in [4.69, 9.17) is 20.0 Å². The highest BCUT2D eigenvalue weighted by molar-refractivity contribution is 6.39. The Kier molecular flexibility index (Phi) is 12.5. The second-order valence-corrected chi connectivity index (χ2v) is 18.0. The lowest BCUT2D eigenvalue weighted by molar-refractivity contribution is 0.466. The van der Waals surface area contributed by atoms with Crippen LogP contribution >= 0.6 is 0 Å². The molecule has 4 aromatic rings. The highest BCUT2D eigenvalue weighted by atomic mass is 15.1. The predicted molar refractivity (Wildman–Crippen MR) is 289 cm³/mol. The fourth-order valence-electron chi connectivity index (χ4n) is 9.76. The van der Waals surface area contributed by atoms with Crippen molar-refractivity contribution >= 4 is 45.1 Å². The Hall–Kier alpha value is -8.22. The van der Waals surface area contributed by atoms with Gasteiger partial charge >= 0.3 is 0 Å². The Balaban J connectivity index is 0.875. The van der Waals surface area contributed by atoms with Gasteiger partial charge in [0.05, 0.1) is 45.6 Å². The van der Waals surface area contributed by atoms with E-state index >= 15 is 0 Å². The van der Waals surface area contributed by atoms with Gasteiger partial charge in [-0.05, 0) is 138 Å². The summed E-state index contributed by atoms with van der Waals surface area (Å²) in [4.78, 5) is 26.2. The Labute approximate surface area is 406 Å². The van der Waals surface area contributed by atoms with Crippen LogP contribution in [0.3, 0.4) is 0 Å². The molecule has 0 aliphatic carbocycles. The molecule has 7 aliphatic rings. The highest BCUT2D eigenvalue weighted by Gasteiger charge is 2.27. The van der Waals surface area contributed by atoms with Crippen molar-refractivity contribution in [3.05, 3.63) is 275 Å². The molecule has 0 amide bonds. The number of hydrogen-bond donors (Lipinski definition) is 0. The first kappa shape index (κ1) is 43.4. The molecule has 11 rings (SSSR count). The fourth-order valence-corrected chi connectivity index (χ4v) is 9.76. The van der Waals surface area contributed by atoms with E-state index in [9.17, 15) is 0 Å².